The third-order valence-corrected chi connectivity index (χ3v) is 16.6. The highest BCUT2D eigenvalue weighted by Crippen LogP contribution is 2.54. The minimum Gasteiger partial charge on any atom is -0.489 e. The van der Waals surface area contributed by atoms with Gasteiger partial charge in [0.1, 0.15) is 29.6 Å². The molecule has 18 heteroatoms. The van der Waals surface area contributed by atoms with Crippen molar-refractivity contribution in [3.05, 3.63) is 99.6 Å². The number of anilines is 2. The number of halogens is 1. The number of aromatic amines is 1. The van der Waals surface area contributed by atoms with Crippen molar-refractivity contribution in [2.24, 2.45) is 11.3 Å². The van der Waals surface area contributed by atoms with Crippen LogP contribution in [0.5, 0.6) is 17.2 Å². The fourth-order valence-corrected chi connectivity index (χ4v) is 12.5. The summed E-state index contributed by atoms with van der Waals surface area (Å²) >= 11 is 0. The number of aliphatic hydroxyl groups is 1. The summed E-state index contributed by atoms with van der Waals surface area (Å²) in [5.74, 6) is -1.59. The van der Waals surface area contributed by atoms with Crippen molar-refractivity contribution in [2.75, 3.05) is 36.5 Å². The van der Waals surface area contributed by atoms with Crippen LogP contribution in [0, 0.1) is 27.3 Å². The van der Waals surface area contributed by atoms with Gasteiger partial charge in [-0.3, -0.25) is 9.69 Å². The second kappa shape index (κ2) is 17.9. The lowest BCUT2D eigenvalue weighted by molar-refractivity contribution is -0.389. The van der Waals surface area contributed by atoms with Crippen LogP contribution in [0.15, 0.2) is 72.0 Å². The van der Waals surface area contributed by atoms with Gasteiger partial charge in [-0.1, -0.05) is 38.1 Å². The average Bonchev–Trinajstić information content (AvgIpc) is 3.94. The smallest absolute Gasteiger partial charge is 0.392 e. The molecule has 6 heterocycles. The molecule has 4 fully saturated rings. The molecule has 2 aliphatic carbocycles. The molecule has 2 atom stereocenters. The molecular formula is C50H59FN8O8S. The van der Waals surface area contributed by atoms with Crippen LogP contribution in [0.25, 0.3) is 11.0 Å². The van der Waals surface area contributed by atoms with E-state index in [0.717, 1.165) is 69.9 Å². The zero-order chi connectivity index (χ0) is 47.5. The van der Waals surface area contributed by atoms with Crippen LogP contribution in [0.4, 0.5) is 21.6 Å². The SMILES string of the molecule is CC(C)c1ccccc1[C@@H]1CCCN1C1CC2(CCN(c3ccc(C(=O)NS(=O)(=O)c4cc5c(c([N+](=O)[O-])n4)N[C@@H](CC4CCC(C)(O)CC4)CO5)c(Oc4cnc5[nH]cc(F)c5c4)c3)CC2)C1. The number of carbonyl (C=O) groups excluding carboxylic acids is 1. The third-order valence-electron chi connectivity index (χ3n) is 15.4. The normalized spacial score (nSPS) is 24.0. The molecule has 2 aromatic carbocycles. The number of piperidine rings is 1. The predicted molar refractivity (Wildman–Crippen MR) is 254 cm³/mol. The van der Waals surface area contributed by atoms with Crippen LogP contribution in [-0.2, 0) is 10.0 Å². The largest absolute Gasteiger partial charge is 0.489 e. The lowest BCUT2D eigenvalue weighted by atomic mass is 9.59. The first-order chi connectivity index (χ1) is 32.5. The Bertz CT molecular complexity index is 2850. The lowest BCUT2D eigenvalue weighted by Crippen LogP contribution is -2.54. The zero-order valence-electron chi connectivity index (χ0n) is 38.7. The van der Waals surface area contributed by atoms with Gasteiger partial charge in [-0.25, -0.2) is 14.1 Å². The van der Waals surface area contributed by atoms with E-state index in [1.54, 1.807) is 12.1 Å². The van der Waals surface area contributed by atoms with Crippen molar-refractivity contribution in [3.8, 4) is 17.2 Å². The molecule has 360 valence electrons. The first-order valence-electron chi connectivity index (χ1n) is 24.0. The second-order valence-electron chi connectivity index (χ2n) is 20.4. The van der Waals surface area contributed by atoms with E-state index in [9.17, 15) is 32.8 Å². The summed E-state index contributed by atoms with van der Waals surface area (Å²) in [6, 6.07) is 17.0. The van der Waals surface area contributed by atoms with E-state index in [1.165, 1.54) is 48.5 Å². The Morgan fingerprint density at radius 2 is 1.84 bits per heavy atom. The number of aromatic nitrogens is 3. The number of nitrogens with zero attached hydrogens (tertiary/aromatic N) is 5. The Morgan fingerprint density at radius 3 is 2.59 bits per heavy atom. The fourth-order valence-electron chi connectivity index (χ4n) is 11.6. The Kier molecular flexibility index (Phi) is 12.1. The van der Waals surface area contributed by atoms with Gasteiger partial charge < -0.3 is 39.9 Å². The molecule has 5 aromatic rings. The van der Waals surface area contributed by atoms with Crippen molar-refractivity contribution < 1.29 is 37.1 Å². The van der Waals surface area contributed by atoms with E-state index in [-0.39, 0.29) is 57.9 Å². The Balaban J connectivity index is 0.853. The minimum atomic E-state index is -4.82. The molecule has 10 rings (SSSR count). The molecule has 1 spiro atoms. The molecule has 5 aliphatic rings. The van der Waals surface area contributed by atoms with Gasteiger partial charge in [-0.15, -0.1) is 0 Å². The maximum atomic E-state index is 14.7. The molecule has 2 saturated heterocycles. The maximum absolute atomic E-state index is 14.7. The standard InChI is InChI=1S/C50H59FN8O8S/c1-30(2)36-7-4-5-8-37(36)41-9-6-18-58(41)34-25-50(26-34)16-19-57(20-17-50)33-10-11-38(42(22-33)67-35-23-39-40(51)28-53-46(39)52-27-35)48(60)56-68(64,65)44-24-43-45(47(55-44)59(62)63)54-32(29-66-43)21-31-12-14-49(3,61)15-13-31/h4-5,7-8,10-11,22-24,27-28,30-32,34,41,54,61H,6,9,12-21,25-26,29H2,1-3H3,(H,52,53)(H,56,60)/t31?,32-,41-,49?/m0/s1. The first-order valence-corrected chi connectivity index (χ1v) is 25.4. The molecule has 4 N–H and O–H groups in total. The number of likely N-dealkylation sites (tertiary alicyclic amines) is 1. The summed E-state index contributed by atoms with van der Waals surface area (Å²) in [7, 11) is -4.82. The molecule has 3 aromatic heterocycles. The molecular weight excluding hydrogens is 892 g/mol. The number of hydrogen-bond acceptors (Lipinski definition) is 13. The van der Waals surface area contributed by atoms with Crippen LogP contribution in [0.2, 0.25) is 0 Å². The summed E-state index contributed by atoms with van der Waals surface area (Å²) in [5.41, 5.74) is 3.33. The maximum Gasteiger partial charge on any atom is 0.392 e. The summed E-state index contributed by atoms with van der Waals surface area (Å²) in [4.78, 5) is 41.5. The molecule has 0 unspecified atom stereocenters. The lowest BCUT2D eigenvalue weighted by Gasteiger charge is -2.56. The summed E-state index contributed by atoms with van der Waals surface area (Å²) < 4.78 is 56.7. The summed E-state index contributed by atoms with van der Waals surface area (Å²) in [6.45, 7) is 9.16. The van der Waals surface area contributed by atoms with Crippen LogP contribution in [-0.4, -0.2) is 88.1 Å². The molecule has 0 bridgehead atoms. The highest BCUT2D eigenvalue weighted by Gasteiger charge is 2.50. The number of sulfonamides is 1. The Morgan fingerprint density at radius 1 is 1.07 bits per heavy atom. The number of ether oxygens (including phenoxy) is 2. The van der Waals surface area contributed by atoms with E-state index in [4.69, 9.17) is 9.47 Å². The van der Waals surface area contributed by atoms with E-state index in [1.807, 2.05) is 11.6 Å². The number of amides is 1. The van der Waals surface area contributed by atoms with E-state index in [2.05, 4.69) is 68.2 Å². The minimum absolute atomic E-state index is 0.00239. The molecule has 2 saturated carbocycles. The Hall–Kier alpha value is -5.85. The van der Waals surface area contributed by atoms with E-state index < -0.39 is 43.1 Å². The number of fused-ring (bicyclic) bond motifs is 2. The molecule has 1 amide bonds. The van der Waals surface area contributed by atoms with Crippen molar-refractivity contribution in [1.29, 1.82) is 0 Å². The predicted octanol–water partition coefficient (Wildman–Crippen LogP) is 9.13. The van der Waals surface area contributed by atoms with Gasteiger partial charge in [-0.05, 0) is 141 Å². The van der Waals surface area contributed by atoms with Gasteiger partial charge in [-0.2, -0.15) is 8.42 Å². The van der Waals surface area contributed by atoms with Gasteiger partial charge in [0, 0.05) is 49.2 Å². The number of nitrogens with one attached hydrogen (secondary N) is 3. The van der Waals surface area contributed by atoms with Crippen LogP contribution in [0.3, 0.4) is 0 Å². The average molecular weight is 951 g/mol. The second-order valence-corrected chi connectivity index (χ2v) is 22.0. The number of nitro groups is 1. The molecule has 68 heavy (non-hydrogen) atoms. The quantitative estimate of drug-likeness (QED) is 0.0681. The first kappa shape index (κ1) is 45.9. The van der Waals surface area contributed by atoms with Crippen LogP contribution < -0.4 is 24.4 Å². The fraction of sp³-hybridized carbons (Fsp3) is 0.500. The van der Waals surface area contributed by atoms with Crippen molar-refractivity contribution in [2.45, 2.75) is 126 Å². The molecule has 0 radical (unpaired) electrons. The molecule has 3 aliphatic heterocycles. The van der Waals surface area contributed by atoms with Gasteiger partial charge in [0.05, 0.1) is 28.8 Å². The number of hydrogen-bond donors (Lipinski definition) is 4. The highest BCUT2D eigenvalue weighted by molar-refractivity contribution is 7.90. The number of carbonyl (C=O) groups is 1. The monoisotopic (exact) mass is 950 g/mol. The number of pyridine rings is 2. The van der Waals surface area contributed by atoms with Gasteiger partial charge in [0.2, 0.25) is 0 Å². The zero-order valence-corrected chi connectivity index (χ0v) is 39.5. The van der Waals surface area contributed by atoms with E-state index in [0.29, 0.717) is 42.9 Å². The van der Waals surface area contributed by atoms with Gasteiger partial charge in [0.15, 0.2) is 11.4 Å². The van der Waals surface area contributed by atoms with Crippen LogP contribution >= 0.6 is 0 Å². The van der Waals surface area contributed by atoms with Crippen molar-refractivity contribution in [3.63, 3.8) is 0 Å². The van der Waals surface area contributed by atoms with Gasteiger partial charge in [0.25, 0.3) is 10.9 Å². The summed E-state index contributed by atoms with van der Waals surface area (Å²) in [6.07, 6.45) is 12.8. The number of rotatable bonds is 12. The number of benzene rings is 2. The van der Waals surface area contributed by atoms with Gasteiger partial charge >= 0.3 is 15.8 Å². The number of H-pyrrole nitrogens is 1. The van der Waals surface area contributed by atoms with Crippen molar-refractivity contribution >= 4 is 44.2 Å². The van der Waals surface area contributed by atoms with E-state index >= 15 is 0 Å². The van der Waals surface area contributed by atoms with Crippen molar-refractivity contribution in [1.82, 2.24) is 24.6 Å². The molecule has 16 nitrogen and oxygen atoms in total. The highest BCUT2D eigenvalue weighted by atomic mass is 32.2. The third kappa shape index (κ3) is 9.09. The topological polar surface area (TPSA) is 205 Å². The Labute approximate surface area is 395 Å². The van der Waals surface area contributed by atoms with Crippen LogP contribution in [0.1, 0.15) is 125 Å². The summed E-state index contributed by atoms with van der Waals surface area (Å²) in [5, 5.41) is 25.2.